The van der Waals surface area contributed by atoms with Crippen LogP contribution in [0.15, 0.2) is 24.9 Å². The van der Waals surface area contributed by atoms with Gasteiger partial charge in [-0.05, 0) is 30.0 Å². The second-order valence-electron chi connectivity index (χ2n) is 5.44. The molecule has 1 saturated heterocycles. The summed E-state index contributed by atoms with van der Waals surface area (Å²) in [5.41, 5.74) is 2.31. The number of hydrogen-bond donors (Lipinski definition) is 0. The van der Waals surface area contributed by atoms with Crippen LogP contribution in [0, 0.1) is 0 Å². The Morgan fingerprint density at radius 1 is 1.50 bits per heavy atom. The normalized spacial score (nSPS) is 19.2. The van der Waals surface area contributed by atoms with Crippen LogP contribution in [-0.4, -0.2) is 26.7 Å². The van der Waals surface area contributed by atoms with Gasteiger partial charge in [0.2, 0.25) is 0 Å². The van der Waals surface area contributed by atoms with Gasteiger partial charge in [-0.15, -0.1) is 6.58 Å². The number of allylic oxidation sites excluding steroid dienone is 1. The van der Waals surface area contributed by atoms with Crippen molar-refractivity contribution in [1.82, 2.24) is 4.98 Å². The van der Waals surface area contributed by atoms with Crippen molar-refractivity contribution < 1.29 is 9.47 Å². The lowest BCUT2D eigenvalue weighted by atomic mass is 10.2. The molecule has 1 aliphatic rings. The second kappa shape index (κ2) is 7.72. The third-order valence-corrected chi connectivity index (χ3v) is 4.99. The number of ether oxygens (including phenoxy) is 2. The average molecular weight is 290 g/mol. The van der Waals surface area contributed by atoms with Gasteiger partial charge in [-0.3, -0.25) is 4.98 Å². The molecule has 1 aromatic rings. The maximum absolute atomic E-state index is 5.83. The van der Waals surface area contributed by atoms with Crippen molar-refractivity contribution in [2.75, 3.05) is 6.61 Å². The topological polar surface area (TPSA) is 31.4 Å². The summed E-state index contributed by atoms with van der Waals surface area (Å²) >= 11 is 0. The third-order valence-electron chi connectivity index (χ3n) is 3.48. The maximum Gasteiger partial charge on any atom is 0.158 e. The van der Waals surface area contributed by atoms with Crippen LogP contribution >= 0.6 is 0 Å². The maximum atomic E-state index is 5.83. The molecule has 1 aromatic heterocycles. The van der Waals surface area contributed by atoms with Crippen molar-refractivity contribution in [2.45, 2.75) is 51.7 Å². The molecule has 0 aromatic carbocycles. The summed E-state index contributed by atoms with van der Waals surface area (Å²) in [7, 11) is -0.525. The van der Waals surface area contributed by atoms with Crippen LogP contribution in [-0.2, 0) is 22.5 Å². The fourth-order valence-corrected chi connectivity index (χ4v) is 3.60. The average Bonchev–Trinajstić information content (AvgIpc) is 2.47. The summed E-state index contributed by atoms with van der Waals surface area (Å²) in [6.07, 6.45) is 8.01. The van der Waals surface area contributed by atoms with E-state index in [4.69, 9.17) is 9.47 Å². The predicted octanol–water partition coefficient (Wildman–Crippen LogP) is 2.81. The standard InChI is InChI=1S/C16H24NO2Si/c1-4-7-14-15(20(2)3)10-13(11-17-14)12-19-16-8-5-6-9-18-16/h4,10-11,16H,1,5-9,12H2,2-3H3. The number of hydrogen-bond acceptors (Lipinski definition) is 3. The molecule has 1 atom stereocenters. The first-order valence-corrected chi connectivity index (χ1v) is 9.83. The lowest BCUT2D eigenvalue weighted by molar-refractivity contribution is -0.168. The molecule has 2 heterocycles. The van der Waals surface area contributed by atoms with E-state index in [9.17, 15) is 0 Å². The van der Waals surface area contributed by atoms with Crippen molar-refractivity contribution in [1.29, 1.82) is 0 Å². The summed E-state index contributed by atoms with van der Waals surface area (Å²) in [6, 6.07) is 2.25. The Kier molecular flexibility index (Phi) is 5.95. The van der Waals surface area contributed by atoms with E-state index in [2.05, 4.69) is 30.7 Å². The minimum absolute atomic E-state index is 0.0342. The molecule has 3 nitrogen and oxygen atoms in total. The van der Waals surface area contributed by atoms with Gasteiger partial charge in [-0.2, -0.15) is 0 Å². The van der Waals surface area contributed by atoms with Gasteiger partial charge >= 0.3 is 0 Å². The van der Waals surface area contributed by atoms with Crippen molar-refractivity contribution in [2.24, 2.45) is 0 Å². The molecule has 0 bridgehead atoms. The van der Waals surface area contributed by atoms with Crippen LogP contribution < -0.4 is 5.19 Å². The molecule has 0 saturated carbocycles. The Balaban J connectivity index is 2.00. The van der Waals surface area contributed by atoms with Gasteiger partial charge in [-0.25, -0.2) is 0 Å². The number of aromatic nitrogens is 1. The van der Waals surface area contributed by atoms with E-state index in [1.807, 2.05) is 12.3 Å². The monoisotopic (exact) mass is 290 g/mol. The fourth-order valence-electron chi connectivity index (χ4n) is 2.38. The molecule has 1 aliphatic heterocycles. The quantitative estimate of drug-likeness (QED) is 0.596. The molecule has 0 aliphatic carbocycles. The predicted molar refractivity (Wildman–Crippen MR) is 83.6 cm³/mol. The lowest BCUT2D eigenvalue weighted by Gasteiger charge is -2.23. The molecule has 0 spiro atoms. The minimum Gasteiger partial charge on any atom is -0.353 e. The van der Waals surface area contributed by atoms with Crippen molar-refractivity contribution in [3.63, 3.8) is 0 Å². The molecule has 0 amide bonds. The van der Waals surface area contributed by atoms with Gasteiger partial charge in [0.15, 0.2) is 6.29 Å². The zero-order valence-corrected chi connectivity index (χ0v) is 13.5. The van der Waals surface area contributed by atoms with E-state index >= 15 is 0 Å². The van der Waals surface area contributed by atoms with E-state index in [-0.39, 0.29) is 6.29 Å². The Morgan fingerprint density at radius 3 is 3.00 bits per heavy atom. The summed E-state index contributed by atoms with van der Waals surface area (Å²) in [4.78, 5) is 4.59. The molecular weight excluding hydrogens is 266 g/mol. The Bertz CT molecular complexity index is 442. The Labute approximate surface area is 123 Å². The highest BCUT2D eigenvalue weighted by Crippen LogP contribution is 2.15. The van der Waals surface area contributed by atoms with Gasteiger partial charge in [0.1, 0.15) is 0 Å². The molecule has 1 radical (unpaired) electrons. The Morgan fingerprint density at radius 2 is 2.35 bits per heavy atom. The van der Waals surface area contributed by atoms with E-state index in [0.717, 1.165) is 37.1 Å². The van der Waals surface area contributed by atoms with E-state index < -0.39 is 8.80 Å². The molecule has 1 fully saturated rings. The minimum atomic E-state index is -0.525. The van der Waals surface area contributed by atoms with Gasteiger partial charge in [0, 0.05) is 24.9 Å². The SMILES string of the molecule is C=CCc1ncc(COC2CCCCO2)cc1[Si](C)C. The summed E-state index contributed by atoms with van der Waals surface area (Å²) in [5.74, 6) is 0. The van der Waals surface area contributed by atoms with Crippen LogP contribution in [0.2, 0.25) is 13.1 Å². The van der Waals surface area contributed by atoms with Crippen molar-refractivity contribution in [3.8, 4) is 0 Å². The smallest absolute Gasteiger partial charge is 0.158 e. The van der Waals surface area contributed by atoms with Crippen LogP contribution in [0.25, 0.3) is 0 Å². The first-order valence-electron chi connectivity index (χ1n) is 7.33. The number of nitrogens with zero attached hydrogens (tertiary/aromatic N) is 1. The molecule has 0 N–H and O–H groups in total. The molecule has 20 heavy (non-hydrogen) atoms. The molecule has 1 unspecified atom stereocenters. The second-order valence-corrected chi connectivity index (χ2v) is 7.98. The van der Waals surface area contributed by atoms with Crippen LogP contribution in [0.4, 0.5) is 0 Å². The van der Waals surface area contributed by atoms with Gasteiger partial charge in [0.25, 0.3) is 0 Å². The third kappa shape index (κ3) is 4.26. The largest absolute Gasteiger partial charge is 0.353 e. The number of pyridine rings is 1. The fraction of sp³-hybridized carbons (Fsp3) is 0.562. The first kappa shape index (κ1) is 15.4. The lowest BCUT2D eigenvalue weighted by Crippen LogP contribution is -2.29. The van der Waals surface area contributed by atoms with Crippen molar-refractivity contribution >= 4 is 14.0 Å². The Hall–Kier alpha value is -0.973. The highest BCUT2D eigenvalue weighted by atomic mass is 28.3. The zero-order chi connectivity index (χ0) is 14.4. The molecular formula is C16H24NO2Si. The van der Waals surface area contributed by atoms with Crippen LogP contribution in [0.3, 0.4) is 0 Å². The highest BCUT2D eigenvalue weighted by molar-refractivity contribution is 6.71. The van der Waals surface area contributed by atoms with Gasteiger partial charge in [0.05, 0.1) is 15.4 Å². The van der Waals surface area contributed by atoms with E-state index in [1.165, 1.54) is 11.6 Å². The summed E-state index contributed by atoms with van der Waals surface area (Å²) in [6.45, 7) is 9.81. The molecule has 4 heteroatoms. The van der Waals surface area contributed by atoms with Crippen LogP contribution in [0.1, 0.15) is 30.5 Å². The van der Waals surface area contributed by atoms with Crippen molar-refractivity contribution in [3.05, 3.63) is 36.2 Å². The first-order chi connectivity index (χ1) is 9.70. The summed E-state index contributed by atoms with van der Waals surface area (Å²) in [5, 5.41) is 1.39. The summed E-state index contributed by atoms with van der Waals surface area (Å²) < 4.78 is 11.4. The van der Waals surface area contributed by atoms with E-state index in [1.54, 1.807) is 0 Å². The van der Waals surface area contributed by atoms with E-state index in [0.29, 0.717) is 6.61 Å². The number of rotatable bonds is 6. The van der Waals surface area contributed by atoms with Crippen LogP contribution in [0.5, 0.6) is 0 Å². The van der Waals surface area contributed by atoms with Gasteiger partial charge in [-0.1, -0.05) is 25.2 Å². The van der Waals surface area contributed by atoms with Gasteiger partial charge < -0.3 is 9.47 Å². The zero-order valence-electron chi connectivity index (χ0n) is 12.5. The molecule has 2 rings (SSSR count). The highest BCUT2D eigenvalue weighted by Gasteiger charge is 2.15. The molecule has 109 valence electrons.